The molecule has 0 radical (unpaired) electrons. The van der Waals surface area contributed by atoms with Crippen molar-refractivity contribution >= 4 is 30.5 Å². The Balaban J connectivity index is 0. The Morgan fingerprint density at radius 1 is 0.857 bits per heavy atom. The first-order valence-corrected chi connectivity index (χ1v) is 15.8. The van der Waals surface area contributed by atoms with E-state index in [0.717, 1.165) is 69.1 Å². The molecule has 0 saturated heterocycles. The maximum absolute atomic E-state index is 12.4. The number of rotatable bonds is 18. The molecule has 0 atom stereocenters. The number of ether oxygens (including phenoxy) is 4. The third-order valence-corrected chi connectivity index (χ3v) is 6.74. The van der Waals surface area contributed by atoms with Crippen molar-refractivity contribution in [2.45, 2.75) is 64.2 Å². The van der Waals surface area contributed by atoms with E-state index in [1.165, 1.54) is 24.5 Å². The van der Waals surface area contributed by atoms with Crippen molar-refractivity contribution in [1.82, 2.24) is 0 Å². The van der Waals surface area contributed by atoms with Crippen molar-refractivity contribution in [2.75, 3.05) is 26.4 Å². The standard InChI is InChI=1S/C22H21O6.C13H22O2.C3H3O.2U/c1-2-21(24)27-13-6-12-26-20-10-9-18(16-23)15-19(20)22(25)28-14-11-17-7-4-3-5-8-17;1-2-3-4-8-11-15-13(14)12-9-6-5-7-10-12;1-2-3-4;;/h2-5,7-10,15H,1,6,11-14H2;5,12H,1-4,6-11H2;2H,1H2;;/q-1;-2;-1;2*+2. The van der Waals surface area contributed by atoms with Gasteiger partial charge >= 0.3 is 80.1 Å². The Hall–Kier alpha value is -2.43. The Morgan fingerprint density at radius 3 is 2.14 bits per heavy atom. The van der Waals surface area contributed by atoms with Crippen LogP contribution in [0.3, 0.4) is 0 Å². The van der Waals surface area contributed by atoms with Crippen molar-refractivity contribution in [3.8, 4) is 5.75 Å². The summed E-state index contributed by atoms with van der Waals surface area (Å²) in [6.45, 7) is 11.3. The maximum Gasteiger partial charge on any atom is 2.00 e. The third-order valence-electron chi connectivity index (χ3n) is 6.74. The third kappa shape index (κ3) is 23.6. The van der Waals surface area contributed by atoms with Crippen molar-refractivity contribution in [3.63, 3.8) is 0 Å². The van der Waals surface area contributed by atoms with Crippen LogP contribution in [0.15, 0.2) is 73.8 Å². The Morgan fingerprint density at radius 2 is 1.53 bits per heavy atom. The van der Waals surface area contributed by atoms with Gasteiger partial charge in [0, 0.05) is 24.5 Å². The van der Waals surface area contributed by atoms with Crippen LogP contribution >= 0.6 is 0 Å². The molecule has 2 aromatic rings. The van der Waals surface area contributed by atoms with Crippen LogP contribution in [0.2, 0.25) is 0 Å². The molecule has 11 heteroatoms. The molecule has 0 spiro atoms. The smallest absolute Gasteiger partial charge is 0.495 e. The van der Waals surface area contributed by atoms with Gasteiger partial charge in [0.25, 0.3) is 0 Å². The largest absolute Gasteiger partial charge is 2.00 e. The van der Waals surface area contributed by atoms with Crippen LogP contribution in [0.25, 0.3) is 0 Å². The van der Waals surface area contributed by atoms with E-state index in [4.69, 9.17) is 23.7 Å². The molecule has 1 fully saturated rings. The van der Waals surface area contributed by atoms with Crippen molar-refractivity contribution in [3.05, 3.63) is 104 Å². The van der Waals surface area contributed by atoms with Gasteiger partial charge in [-0.1, -0.05) is 68.7 Å². The molecule has 0 unspecified atom stereocenters. The summed E-state index contributed by atoms with van der Waals surface area (Å²) in [5.74, 6) is -0.603. The number of carbonyl (C=O) groups is 3. The van der Waals surface area contributed by atoms with Crippen LogP contribution in [0.1, 0.15) is 79.3 Å². The van der Waals surface area contributed by atoms with E-state index >= 15 is 0 Å². The first kappa shape index (κ1) is 48.7. The summed E-state index contributed by atoms with van der Waals surface area (Å²) in [6.07, 6.45) is 16.9. The van der Waals surface area contributed by atoms with Crippen LogP contribution in [0, 0.1) is 81.5 Å². The topological polar surface area (TPSA) is 122 Å². The molecule has 0 aliphatic heterocycles. The predicted molar refractivity (Wildman–Crippen MR) is 180 cm³/mol. The number of allylic oxidation sites excluding steroid dienone is 1. The molecule has 9 nitrogen and oxygen atoms in total. The molecule has 260 valence electrons. The number of hydrogen-bond donors (Lipinski definition) is 0. The second-order valence-electron chi connectivity index (χ2n) is 10.3. The van der Waals surface area contributed by atoms with E-state index in [1.54, 1.807) is 6.29 Å². The number of benzene rings is 2. The van der Waals surface area contributed by atoms with Gasteiger partial charge in [-0.25, -0.2) is 22.2 Å². The van der Waals surface area contributed by atoms with Crippen LogP contribution in [-0.4, -0.2) is 56.9 Å². The normalized spacial score (nSPS) is 11.5. The molecule has 0 aromatic heterocycles. The molecule has 3 rings (SSSR count). The summed E-state index contributed by atoms with van der Waals surface area (Å²) in [5, 5.41) is 0. The monoisotopic (exact) mass is 1120 g/mol. The fourth-order valence-electron chi connectivity index (χ4n) is 4.24. The van der Waals surface area contributed by atoms with Crippen molar-refractivity contribution < 1.29 is 105 Å². The van der Waals surface area contributed by atoms with Crippen molar-refractivity contribution in [1.29, 1.82) is 0 Å². The van der Waals surface area contributed by atoms with Crippen LogP contribution in [-0.2, 0) is 39.8 Å². The minimum atomic E-state index is -0.582. The van der Waals surface area contributed by atoms with Gasteiger partial charge in [-0.05, 0) is 18.3 Å². The molecule has 0 heterocycles. The summed E-state index contributed by atoms with van der Waals surface area (Å²) in [7, 11) is 0. The minimum Gasteiger partial charge on any atom is -0.495 e. The van der Waals surface area contributed by atoms with Crippen LogP contribution in [0.4, 0.5) is 0 Å². The van der Waals surface area contributed by atoms with E-state index in [1.807, 2.05) is 30.3 Å². The average Bonchev–Trinajstić information content (AvgIpc) is 3.12. The van der Waals surface area contributed by atoms with Gasteiger partial charge in [0.05, 0.1) is 38.6 Å². The summed E-state index contributed by atoms with van der Waals surface area (Å²) in [5.41, 5.74) is 1.43. The number of carbonyl (C=O) groups excluding carboxylic acids is 5. The second-order valence-corrected chi connectivity index (χ2v) is 10.3. The Bertz CT molecular complexity index is 1220. The molecule has 1 aliphatic rings. The zero-order chi connectivity index (χ0) is 34.5. The molecular weight excluding hydrogens is 1080 g/mol. The molecule has 1 saturated carbocycles. The maximum atomic E-state index is 12.4. The van der Waals surface area contributed by atoms with Gasteiger partial charge in [-0.3, -0.25) is 4.79 Å². The summed E-state index contributed by atoms with van der Waals surface area (Å²) >= 11 is 0. The zero-order valence-corrected chi connectivity index (χ0v) is 36.5. The quantitative estimate of drug-likeness (QED) is 0.0532. The number of esters is 3. The van der Waals surface area contributed by atoms with Gasteiger partial charge in [-0.15, -0.1) is 11.6 Å². The summed E-state index contributed by atoms with van der Waals surface area (Å²) in [4.78, 5) is 54.8. The Labute approximate surface area is 339 Å². The van der Waals surface area contributed by atoms with E-state index in [9.17, 15) is 19.2 Å². The molecule has 0 amide bonds. The Kier molecular flexibility index (Phi) is 32.6. The molecule has 1 aliphatic carbocycles. The van der Waals surface area contributed by atoms with E-state index in [-0.39, 0.29) is 105 Å². The van der Waals surface area contributed by atoms with Crippen LogP contribution in [0.5, 0.6) is 5.75 Å². The predicted octanol–water partition coefficient (Wildman–Crippen LogP) is 6.64. The average molecular weight is 1120 g/mol. The minimum absolute atomic E-state index is 0. The molecule has 2 aromatic carbocycles. The van der Waals surface area contributed by atoms with Gasteiger partial charge in [0.15, 0.2) is 0 Å². The molecule has 0 bridgehead atoms. The fourth-order valence-corrected chi connectivity index (χ4v) is 4.24. The van der Waals surface area contributed by atoms with Crippen molar-refractivity contribution in [2.24, 2.45) is 5.92 Å². The van der Waals surface area contributed by atoms with Crippen LogP contribution < -0.4 is 4.74 Å². The number of hydrogen-bond acceptors (Lipinski definition) is 9. The molecular formula is C38H46O9U2. The fraction of sp³-hybridized carbons (Fsp3) is 0.395. The second kappa shape index (κ2) is 32.8. The summed E-state index contributed by atoms with van der Waals surface area (Å²) in [6, 6.07) is 14.0. The van der Waals surface area contributed by atoms with Gasteiger partial charge in [0.2, 0.25) is 0 Å². The number of unbranched alkanes of at least 4 members (excludes halogenated alkanes) is 3. The zero-order valence-electron chi connectivity index (χ0n) is 28.1. The van der Waals surface area contributed by atoms with E-state index < -0.39 is 11.9 Å². The molecule has 49 heavy (non-hydrogen) atoms. The first-order chi connectivity index (χ1) is 22.9. The SMILES string of the molecule is C=CC(=O)OCCCOc1ccc([C-]=O)cc1C(=O)OCCc1ccccc1.C=C[C-]=O.[CH2-]CCCCCOC(=O)C1CC[CH-]CC1.[U+2].[U+2]. The van der Waals surface area contributed by atoms with E-state index in [0.29, 0.717) is 25.2 Å². The first-order valence-electron chi connectivity index (χ1n) is 15.8. The van der Waals surface area contributed by atoms with E-state index in [2.05, 4.69) is 26.5 Å². The van der Waals surface area contributed by atoms with Gasteiger partial charge in [0.1, 0.15) is 5.75 Å². The van der Waals surface area contributed by atoms with Gasteiger partial charge in [-0.2, -0.15) is 25.3 Å². The van der Waals surface area contributed by atoms with Gasteiger partial charge < -0.3 is 41.9 Å². The molecule has 0 N–H and O–H groups in total. The summed E-state index contributed by atoms with van der Waals surface area (Å²) < 4.78 is 21.0.